The number of amides is 4. The fourth-order valence-electron chi connectivity index (χ4n) is 2.69. The SMILES string of the molecule is Cc1cccc(C)c1NC(=O)CN1C(=O)N[C@@H](CC(C)C)C1=O. The van der Waals surface area contributed by atoms with E-state index in [2.05, 4.69) is 10.6 Å². The quantitative estimate of drug-likeness (QED) is 0.817. The summed E-state index contributed by atoms with van der Waals surface area (Å²) in [6.07, 6.45) is 0.569. The van der Waals surface area contributed by atoms with E-state index in [0.717, 1.165) is 21.7 Å². The highest BCUT2D eigenvalue weighted by Gasteiger charge is 2.39. The fourth-order valence-corrected chi connectivity index (χ4v) is 2.69. The van der Waals surface area contributed by atoms with Gasteiger partial charge in [-0.25, -0.2) is 4.79 Å². The summed E-state index contributed by atoms with van der Waals surface area (Å²) >= 11 is 0. The number of carbonyl (C=O) groups excluding carboxylic acids is 3. The minimum atomic E-state index is -0.532. The molecule has 0 bridgehead atoms. The van der Waals surface area contributed by atoms with Gasteiger partial charge in [0.25, 0.3) is 5.91 Å². The third-order valence-corrected chi connectivity index (χ3v) is 3.86. The first kappa shape index (κ1) is 17.0. The number of hydrogen-bond acceptors (Lipinski definition) is 3. The van der Waals surface area contributed by atoms with Crippen LogP contribution in [0.3, 0.4) is 0 Å². The Morgan fingerprint density at radius 1 is 1.26 bits per heavy atom. The summed E-state index contributed by atoms with van der Waals surface area (Å²) in [7, 11) is 0. The number of para-hydroxylation sites is 1. The van der Waals surface area contributed by atoms with E-state index < -0.39 is 12.1 Å². The van der Waals surface area contributed by atoms with Gasteiger partial charge in [0.2, 0.25) is 5.91 Å². The molecule has 6 heteroatoms. The van der Waals surface area contributed by atoms with Crippen molar-refractivity contribution >= 4 is 23.5 Å². The number of hydrogen-bond donors (Lipinski definition) is 2. The van der Waals surface area contributed by atoms with Crippen LogP contribution >= 0.6 is 0 Å². The molecule has 0 saturated carbocycles. The molecule has 6 nitrogen and oxygen atoms in total. The number of nitrogens with one attached hydrogen (secondary N) is 2. The molecule has 1 atom stereocenters. The Bertz CT molecular complexity index is 620. The average molecular weight is 317 g/mol. The summed E-state index contributed by atoms with van der Waals surface area (Å²) in [5.41, 5.74) is 2.60. The molecule has 1 aliphatic rings. The molecule has 1 heterocycles. The van der Waals surface area contributed by atoms with Gasteiger partial charge in [0.05, 0.1) is 0 Å². The maximum absolute atomic E-state index is 12.2. The topological polar surface area (TPSA) is 78.5 Å². The number of rotatable bonds is 5. The second-order valence-corrected chi connectivity index (χ2v) is 6.37. The molecule has 0 unspecified atom stereocenters. The Kier molecular flexibility index (Phi) is 5.03. The van der Waals surface area contributed by atoms with Crippen molar-refractivity contribution in [1.82, 2.24) is 10.2 Å². The number of nitrogens with zero attached hydrogens (tertiary/aromatic N) is 1. The second-order valence-electron chi connectivity index (χ2n) is 6.37. The molecule has 4 amide bonds. The van der Waals surface area contributed by atoms with Gasteiger partial charge in [-0.2, -0.15) is 0 Å². The van der Waals surface area contributed by atoms with Crippen molar-refractivity contribution in [2.45, 2.75) is 40.2 Å². The third kappa shape index (κ3) is 3.88. The first-order valence-corrected chi connectivity index (χ1v) is 7.77. The number of benzene rings is 1. The third-order valence-electron chi connectivity index (χ3n) is 3.86. The van der Waals surface area contributed by atoms with E-state index in [1.54, 1.807) is 0 Å². The van der Waals surface area contributed by atoms with Crippen molar-refractivity contribution in [3.8, 4) is 0 Å². The van der Waals surface area contributed by atoms with E-state index in [0.29, 0.717) is 6.42 Å². The van der Waals surface area contributed by atoms with E-state index in [9.17, 15) is 14.4 Å². The van der Waals surface area contributed by atoms with Crippen LogP contribution in [0.25, 0.3) is 0 Å². The van der Waals surface area contributed by atoms with Gasteiger partial charge in [0.1, 0.15) is 12.6 Å². The number of urea groups is 1. The van der Waals surface area contributed by atoms with Crippen LogP contribution in [0.1, 0.15) is 31.4 Å². The minimum absolute atomic E-state index is 0.271. The van der Waals surface area contributed by atoms with Crippen LogP contribution in [0, 0.1) is 19.8 Å². The summed E-state index contributed by atoms with van der Waals surface area (Å²) < 4.78 is 0. The first-order chi connectivity index (χ1) is 10.8. The summed E-state index contributed by atoms with van der Waals surface area (Å²) in [5.74, 6) is -0.427. The van der Waals surface area contributed by atoms with Crippen LogP contribution in [0.4, 0.5) is 10.5 Å². The van der Waals surface area contributed by atoms with E-state index in [1.807, 2.05) is 45.9 Å². The highest BCUT2D eigenvalue weighted by atomic mass is 16.2. The maximum Gasteiger partial charge on any atom is 0.325 e. The first-order valence-electron chi connectivity index (χ1n) is 7.77. The largest absolute Gasteiger partial charge is 0.326 e. The average Bonchev–Trinajstić information content (AvgIpc) is 2.70. The normalized spacial score (nSPS) is 17.6. The molecule has 1 aliphatic heterocycles. The van der Waals surface area contributed by atoms with Gasteiger partial charge in [-0.05, 0) is 37.3 Å². The Morgan fingerprint density at radius 2 is 1.87 bits per heavy atom. The van der Waals surface area contributed by atoms with Crippen LogP contribution in [0.5, 0.6) is 0 Å². The Hall–Kier alpha value is -2.37. The molecule has 1 saturated heterocycles. The number of carbonyl (C=O) groups is 3. The zero-order valence-electron chi connectivity index (χ0n) is 14.0. The highest BCUT2D eigenvalue weighted by molar-refractivity contribution is 6.08. The molecule has 0 aromatic heterocycles. The van der Waals surface area contributed by atoms with Crippen LogP contribution in [0.15, 0.2) is 18.2 Å². The summed E-state index contributed by atoms with van der Waals surface area (Å²) in [4.78, 5) is 37.3. The van der Waals surface area contributed by atoms with Gasteiger partial charge in [-0.3, -0.25) is 14.5 Å². The Morgan fingerprint density at radius 3 is 2.43 bits per heavy atom. The van der Waals surface area contributed by atoms with Crippen molar-refractivity contribution in [1.29, 1.82) is 0 Å². The molecule has 2 rings (SSSR count). The van der Waals surface area contributed by atoms with Crippen molar-refractivity contribution in [2.24, 2.45) is 5.92 Å². The number of aryl methyl sites for hydroxylation is 2. The van der Waals surface area contributed by atoms with Crippen molar-refractivity contribution < 1.29 is 14.4 Å². The maximum atomic E-state index is 12.2. The van der Waals surface area contributed by atoms with Gasteiger partial charge in [-0.1, -0.05) is 32.0 Å². The smallest absolute Gasteiger partial charge is 0.325 e. The molecule has 124 valence electrons. The summed E-state index contributed by atoms with van der Waals surface area (Å²) in [5, 5.41) is 5.42. The zero-order chi connectivity index (χ0) is 17.1. The van der Waals surface area contributed by atoms with Crippen molar-refractivity contribution in [3.05, 3.63) is 29.3 Å². The predicted octanol–water partition coefficient (Wildman–Crippen LogP) is 2.21. The summed E-state index contributed by atoms with van der Waals surface area (Å²) in [6.45, 7) is 7.49. The molecule has 23 heavy (non-hydrogen) atoms. The highest BCUT2D eigenvalue weighted by Crippen LogP contribution is 2.20. The molecule has 2 N–H and O–H groups in total. The standard InChI is InChI=1S/C17H23N3O3/c1-10(2)8-13-16(22)20(17(23)18-13)9-14(21)19-15-11(3)6-5-7-12(15)4/h5-7,10,13H,8-9H2,1-4H3,(H,18,23)(H,19,21)/t13-/m0/s1. The fraction of sp³-hybridized carbons (Fsp3) is 0.471. The molecule has 1 aromatic carbocycles. The Labute approximate surface area is 136 Å². The van der Waals surface area contributed by atoms with Gasteiger partial charge in [-0.15, -0.1) is 0 Å². The molecule has 1 fully saturated rings. The lowest BCUT2D eigenvalue weighted by molar-refractivity contribution is -0.131. The van der Waals surface area contributed by atoms with Gasteiger partial charge >= 0.3 is 6.03 Å². The number of imide groups is 1. The van der Waals surface area contributed by atoms with E-state index >= 15 is 0 Å². The molecular weight excluding hydrogens is 294 g/mol. The monoisotopic (exact) mass is 317 g/mol. The molecule has 0 spiro atoms. The minimum Gasteiger partial charge on any atom is -0.326 e. The van der Waals surface area contributed by atoms with Crippen molar-refractivity contribution in [2.75, 3.05) is 11.9 Å². The van der Waals surface area contributed by atoms with E-state index in [4.69, 9.17) is 0 Å². The number of anilines is 1. The van der Waals surface area contributed by atoms with Crippen molar-refractivity contribution in [3.63, 3.8) is 0 Å². The van der Waals surface area contributed by atoms with Gasteiger partial charge in [0, 0.05) is 5.69 Å². The van der Waals surface area contributed by atoms with E-state index in [1.165, 1.54) is 0 Å². The van der Waals surface area contributed by atoms with Crippen LogP contribution in [-0.4, -0.2) is 35.3 Å². The van der Waals surface area contributed by atoms with Gasteiger partial charge < -0.3 is 10.6 Å². The van der Waals surface area contributed by atoms with Crippen LogP contribution < -0.4 is 10.6 Å². The van der Waals surface area contributed by atoms with Gasteiger partial charge in [0.15, 0.2) is 0 Å². The van der Waals surface area contributed by atoms with E-state index in [-0.39, 0.29) is 24.3 Å². The lowest BCUT2D eigenvalue weighted by Gasteiger charge is -2.15. The molecule has 0 radical (unpaired) electrons. The predicted molar refractivity (Wildman–Crippen MR) is 88.0 cm³/mol. The molecule has 1 aromatic rings. The molecular formula is C17H23N3O3. The van der Waals surface area contributed by atoms with Crippen LogP contribution in [-0.2, 0) is 9.59 Å². The second kappa shape index (κ2) is 6.81. The Balaban J connectivity index is 2.03. The molecule has 0 aliphatic carbocycles. The summed E-state index contributed by atoms with van der Waals surface area (Å²) in [6, 6.07) is 4.67. The zero-order valence-corrected chi connectivity index (χ0v) is 14.0. The lowest BCUT2D eigenvalue weighted by atomic mass is 10.0. The lowest BCUT2D eigenvalue weighted by Crippen LogP contribution is -2.38. The van der Waals surface area contributed by atoms with Crippen LogP contribution in [0.2, 0.25) is 0 Å².